The molecule has 0 spiro atoms. The average Bonchev–Trinajstić information content (AvgIpc) is 2.96. The molecule has 0 saturated heterocycles. The first-order valence-corrected chi connectivity index (χ1v) is 8.89. The molecule has 2 rings (SSSR count). The molecule has 0 amide bonds. The van der Waals surface area contributed by atoms with Gasteiger partial charge in [0.05, 0.1) is 11.9 Å². The fraction of sp³-hybridized carbons (Fsp3) is 0.882. The molecule has 0 radical (unpaired) electrons. The molecule has 0 aromatic carbocycles. The predicted octanol–water partition coefficient (Wildman–Crippen LogP) is 3.60. The highest BCUT2D eigenvalue weighted by molar-refractivity contribution is 5.08. The molecule has 21 heavy (non-hydrogen) atoms. The Morgan fingerprint density at radius 1 is 1.24 bits per heavy atom. The number of aryl methyl sites for hydroxylation is 1. The summed E-state index contributed by atoms with van der Waals surface area (Å²) in [5.41, 5.74) is 1.37. The van der Waals surface area contributed by atoms with Gasteiger partial charge in [-0.15, -0.1) is 5.10 Å². The topological polar surface area (TPSA) is 42.7 Å². The Morgan fingerprint density at radius 2 is 2.10 bits per heavy atom. The number of rotatable bonds is 8. The van der Waals surface area contributed by atoms with E-state index in [2.05, 4.69) is 41.1 Å². The van der Waals surface area contributed by atoms with Gasteiger partial charge in [-0.05, 0) is 50.6 Å². The molecule has 1 heterocycles. The zero-order valence-corrected chi connectivity index (χ0v) is 14.0. The highest BCUT2D eigenvalue weighted by atomic mass is 15.4. The van der Waals surface area contributed by atoms with Gasteiger partial charge >= 0.3 is 0 Å². The van der Waals surface area contributed by atoms with E-state index in [1.807, 2.05) is 6.20 Å². The summed E-state index contributed by atoms with van der Waals surface area (Å²) in [7, 11) is 0. The van der Waals surface area contributed by atoms with Crippen molar-refractivity contribution < 1.29 is 0 Å². The van der Waals surface area contributed by atoms with Crippen molar-refractivity contribution >= 4 is 0 Å². The first-order valence-electron chi connectivity index (χ1n) is 8.89. The van der Waals surface area contributed by atoms with Crippen LogP contribution in [0.1, 0.15) is 70.9 Å². The van der Waals surface area contributed by atoms with Crippen molar-refractivity contribution in [2.75, 3.05) is 13.1 Å². The quantitative estimate of drug-likeness (QED) is 0.744. The van der Waals surface area contributed by atoms with Gasteiger partial charge in [0.1, 0.15) is 0 Å². The van der Waals surface area contributed by atoms with Crippen molar-refractivity contribution in [3.05, 3.63) is 11.9 Å². The lowest BCUT2D eigenvalue weighted by atomic mass is 9.72. The van der Waals surface area contributed by atoms with E-state index >= 15 is 0 Å². The molecule has 3 atom stereocenters. The summed E-state index contributed by atoms with van der Waals surface area (Å²) < 4.78 is 2.15. The lowest BCUT2D eigenvalue weighted by molar-refractivity contribution is 0.217. The first-order chi connectivity index (χ1) is 10.3. The van der Waals surface area contributed by atoms with Gasteiger partial charge in [-0.25, -0.2) is 4.68 Å². The number of nitrogens with one attached hydrogen (secondary N) is 1. The van der Waals surface area contributed by atoms with Gasteiger partial charge in [0.15, 0.2) is 0 Å². The van der Waals surface area contributed by atoms with Crippen LogP contribution in [-0.4, -0.2) is 28.1 Å². The van der Waals surface area contributed by atoms with Crippen LogP contribution in [0.2, 0.25) is 0 Å². The Labute approximate surface area is 129 Å². The first kappa shape index (κ1) is 16.5. The second kappa shape index (κ2) is 8.52. The lowest BCUT2D eigenvalue weighted by Gasteiger charge is -2.36. The van der Waals surface area contributed by atoms with Crippen molar-refractivity contribution in [3.8, 4) is 0 Å². The Hall–Kier alpha value is -0.900. The van der Waals surface area contributed by atoms with Crippen molar-refractivity contribution in [3.63, 3.8) is 0 Å². The molecule has 1 aliphatic rings. The number of hydrogen-bond donors (Lipinski definition) is 1. The van der Waals surface area contributed by atoms with Gasteiger partial charge < -0.3 is 5.32 Å². The van der Waals surface area contributed by atoms with Crippen molar-refractivity contribution in [1.82, 2.24) is 20.3 Å². The molecule has 1 aliphatic carbocycles. The standard InChI is InChI=1S/C17H32N4/c1-4-9-18-12-15-8-7-14(6-3)11-16(15)17-13-19-20-21(17)10-5-2/h13-16,18H,4-12H2,1-3H3. The SMILES string of the molecule is CCCNCC1CCC(CC)CC1c1cnnn1CCC. The molecule has 0 bridgehead atoms. The summed E-state index contributed by atoms with van der Waals surface area (Å²) >= 11 is 0. The van der Waals surface area contributed by atoms with Crippen molar-refractivity contribution in [1.29, 1.82) is 0 Å². The zero-order valence-electron chi connectivity index (χ0n) is 14.0. The van der Waals surface area contributed by atoms with Crippen LogP contribution in [0.15, 0.2) is 6.20 Å². The summed E-state index contributed by atoms with van der Waals surface area (Å²) in [5, 5.41) is 12.1. The molecule has 4 nitrogen and oxygen atoms in total. The van der Waals surface area contributed by atoms with Crippen LogP contribution in [0.25, 0.3) is 0 Å². The van der Waals surface area contributed by atoms with E-state index < -0.39 is 0 Å². The van der Waals surface area contributed by atoms with Crippen LogP contribution < -0.4 is 5.32 Å². The van der Waals surface area contributed by atoms with E-state index in [0.29, 0.717) is 5.92 Å². The van der Waals surface area contributed by atoms with Crippen LogP contribution in [0.4, 0.5) is 0 Å². The van der Waals surface area contributed by atoms with Gasteiger partial charge in [0, 0.05) is 12.5 Å². The highest BCUT2D eigenvalue weighted by Crippen LogP contribution is 2.41. The van der Waals surface area contributed by atoms with Gasteiger partial charge in [-0.3, -0.25) is 0 Å². The maximum absolute atomic E-state index is 4.31. The molecule has 4 heteroatoms. The van der Waals surface area contributed by atoms with Crippen LogP contribution in [0.3, 0.4) is 0 Å². The molecule has 0 aliphatic heterocycles. The van der Waals surface area contributed by atoms with Gasteiger partial charge in [0.25, 0.3) is 0 Å². The molecule has 1 saturated carbocycles. The third-order valence-electron chi connectivity index (χ3n) is 4.98. The van der Waals surface area contributed by atoms with E-state index in [1.54, 1.807) is 0 Å². The fourth-order valence-electron chi connectivity index (χ4n) is 3.70. The van der Waals surface area contributed by atoms with E-state index in [4.69, 9.17) is 0 Å². The van der Waals surface area contributed by atoms with Crippen LogP contribution in [0, 0.1) is 11.8 Å². The predicted molar refractivity (Wildman–Crippen MR) is 87.3 cm³/mol. The minimum absolute atomic E-state index is 0.634. The number of hydrogen-bond acceptors (Lipinski definition) is 3. The Morgan fingerprint density at radius 3 is 2.81 bits per heavy atom. The maximum Gasteiger partial charge on any atom is 0.0728 e. The largest absolute Gasteiger partial charge is 0.316 e. The minimum atomic E-state index is 0.634. The van der Waals surface area contributed by atoms with E-state index in [0.717, 1.165) is 37.9 Å². The summed E-state index contributed by atoms with van der Waals surface area (Å²) in [4.78, 5) is 0. The Kier molecular flexibility index (Phi) is 6.68. The van der Waals surface area contributed by atoms with Crippen molar-refractivity contribution in [2.45, 2.75) is 71.8 Å². The molecule has 1 fully saturated rings. The smallest absolute Gasteiger partial charge is 0.0728 e. The number of aromatic nitrogens is 3. The van der Waals surface area contributed by atoms with Gasteiger partial charge in [-0.2, -0.15) is 0 Å². The van der Waals surface area contributed by atoms with Crippen molar-refractivity contribution in [2.24, 2.45) is 11.8 Å². The van der Waals surface area contributed by atoms with E-state index in [-0.39, 0.29) is 0 Å². The molecule has 120 valence electrons. The van der Waals surface area contributed by atoms with E-state index in [9.17, 15) is 0 Å². The normalized spacial score (nSPS) is 26.1. The molecular weight excluding hydrogens is 260 g/mol. The van der Waals surface area contributed by atoms with Crippen LogP contribution >= 0.6 is 0 Å². The van der Waals surface area contributed by atoms with Gasteiger partial charge in [-0.1, -0.05) is 38.8 Å². The summed E-state index contributed by atoms with van der Waals surface area (Å²) in [6.45, 7) is 10.1. The Bertz CT molecular complexity index is 399. The van der Waals surface area contributed by atoms with E-state index in [1.165, 1.54) is 37.8 Å². The molecule has 1 N–H and O–H groups in total. The molecule has 1 aromatic heterocycles. The molecular formula is C17H32N4. The highest BCUT2D eigenvalue weighted by Gasteiger charge is 2.32. The van der Waals surface area contributed by atoms with Gasteiger partial charge in [0.2, 0.25) is 0 Å². The summed E-state index contributed by atoms with van der Waals surface area (Å²) in [6, 6.07) is 0. The minimum Gasteiger partial charge on any atom is -0.316 e. The maximum atomic E-state index is 4.31. The number of nitrogens with zero attached hydrogens (tertiary/aromatic N) is 3. The average molecular weight is 292 g/mol. The molecule has 3 unspecified atom stereocenters. The second-order valence-corrected chi connectivity index (χ2v) is 6.54. The van der Waals surface area contributed by atoms with Crippen LogP contribution in [-0.2, 0) is 6.54 Å². The third kappa shape index (κ3) is 4.29. The third-order valence-corrected chi connectivity index (χ3v) is 4.98. The fourth-order valence-corrected chi connectivity index (χ4v) is 3.70. The monoisotopic (exact) mass is 292 g/mol. The second-order valence-electron chi connectivity index (χ2n) is 6.54. The summed E-state index contributed by atoms with van der Waals surface area (Å²) in [5.74, 6) is 2.26. The van der Waals surface area contributed by atoms with Crippen LogP contribution in [0.5, 0.6) is 0 Å². The lowest BCUT2D eigenvalue weighted by Crippen LogP contribution is -2.33. The zero-order chi connectivity index (χ0) is 15.1. The summed E-state index contributed by atoms with van der Waals surface area (Å²) in [6.07, 6.45) is 9.71. The Balaban J connectivity index is 2.10. The molecule has 1 aromatic rings.